The molecule has 0 aliphatic carbocycles. The van der Waals surface area contributed by atoms with E-state index in [4.69, 9.17) is 0 Å². The second kappa shape index (κ2) is 6.74. The van der Waals surface area contributed by atoms with Gasteiger partial charge in [-0.15, -0.1) is 0 Å². The maximum Gasteiger partial charge on any atom is 0.311 e. The highest BCUT2D eigenvalue weighted by atomic mass is 16.4. The number of rotatable bonds is 7. The Morgan fingerprint density at radius 1 is 1.10 bits per heavy atom. The van der Waals surface area contributed by atoms with Gasteiger partial charge in [-0.3, -0.25) is 9.59 Å². The van der Waals surface area contributed by atoms with Crippen molar-refractivity contribution in [1.29, 1.82) is 0 Å². The van der Waals surface area contributed by atoms with E-state index >= 15 is 0 Å². The molecule has 2 N–H and O–H groups in total. The van der Waals surface area contributed by atoms with Crippen LogP contribution in [0.5, 0.6) is 0 Å². The van der Waals surface area contributed by atoms with Crippen LogP contribution < -0.4 is 5.32 Å². The van der Waals surface area contributed by atoms with E-state index in [0.29, 0.717) is 12.8 Å². The lowest BCUT2D eigenvalue weighted by atomic mass is 9.80. The van der Waals surface area contributed by atoms with Crippen molar-refractivity contribution < 1.29 is 14.7 Å². The van der Waals surface area contributed by atoms with Crippen LogP contribution >= 0.6 is 0 Å². The fourth-order valence-electron chi connectivity index (χ4n) is 2.33. The summed E-state index contributed by atoms with van der Waals surface area (Å²) in [7, 11) is 0. The number of nitrogens with one attached hydrogen (secondary N) is 1. The molecule has 1 amide bonds. The molecule has 0 aliphatic rings. The van der Waals surface area contributed by atoms with E-state index in [-0.39, 0.29) is 12.5 Å². The Kier molecular flexibility index (Phi) is 5.53. The van der Waals surface area contributed by atoms with Crippen molar-refractivity contribution in [3.8, 4) is 0 Å². The summed E-state index contributed by atoms with van der Waals surface area (Å²) in [6.07, 6.45) is 0.982. The Hall–Kier alpha value is -1.84. The van der Waals surface area contributed by atoms with Crippen molar-refractivity contribution in [3.63, 3.8) is 0 Å². The Morgan fingerprint density at radius 2 is 1.62 bits per heavy atom. The van der Waals surface area contributed by atoms with Gasteiger partial charge in [0.15, 0.2) is 0 Å². The molecule has 0 aliphatic heterocycles. The molecule has 1 rings (SSSR count). The van der Waals surface area contributed by atoms with Crippen LogP contribution in [0.1, 0.15) is 46.1 Å². The molecule has 0 atom stereocenters. The molecule has 1 aromatic carbocycles. The molecular formula is C17H25NO3. The summed E-state index contributed by atoms with van der Waals surface area (Å²) in [6, 6.07) is 9.50. The van der Waals surface area contributed by atoms with E-state index in [9.17, 15) is 14.7 Å². The van der Waals surface area contributed by atoms with E-state index < -0.39 is 16.8 Å². The monoisotopic (exact) mass is 291 g/mol. The second-order valence-corrected chi connectivity index (χ2v) is 5.97. The average molecular weight is 291 g/mol. The number of carbonyl (C=O) groups excluding carboxylic acids is 1. The van der Waals surface area contributed by atoms with E-state index in [1.807, 2.05) is 58.0 Å². The normalized spacial score (nSPS) is 12.0. The molecular weight excluding hydrogens is 266 g/mol. The lowest BCUT2D eigenvalue weighted by Gasteiger charge is -2.30. The Bertz CT molecular complexity index is 490. The van der Waals surface area contributed by atoms with E-state index in [0.717, 1.165) is 5.56 Å². The van der Waals surface area contributed by atoms with Gasteiger partial charge in [0.2, 0.25) is 5.91 Å². The van der Waals surface area contributed by atoms with Crippen LogP contribution in [0.2, 0.25) is 0 Å². The SMILES string of the molecule is CCC(CC)(CNC(=O)C(C)(C)c1ccccc1)C(=O)O. The number of benzene rings is 1. The van der Waals surface area contributed by atoms with Crippen LogP contribution in [0.15, 0.2) is 30.3 Å². The zero-order valence-electron chi connectivity index (χ0n) is 13.3. The van der Waals surface area contributed by atoms with Gasteiger partial charge in [0, 0.05) is 6.54 Å². The topological polar surface area (TPSA) is 66.4 Å². The Labute approximate surface area is 126 Å². The molecule has 0 spiro atoms. The summed E-state index contributed by atoms with van der Waals surface area (Å²) < 4.78 is 0. The average Bonchev–Trinajstić information content (AvgIpc) is 2.49. The minimum atomic E-state index is -0.886. The zero-order chi connectivity index (χ0) is 16.1. The maximum absolute atomic E-state index is 12.5. The number of amides is 1. The standard InChI is InChI=1S/C17H25NO3/c1-5-17(6-2,15(20)21)12-18-14(19)16(3,4)13-10-8-7-9-11-13/h7-11H,5-6,12H2,1-4H3,(H,18,19)(H,20,21). The summed E-state index contributed by atoms with van der Waals surface area (Å²) in [6.45, 7) is 7.53. The smallest absolute Gasteiger partial charge is 0.311 e. The maximum atomic E-state index is 12.5. The quantitative estimate of drug-likeness (QED) is 0.811. The molecule has 1 aromatic rings. The second-order valence-electron chi connectivity index (χ2n) is 5.97. The largest absolute Gasteiger partial charge is 0.481 e. The molecule has 0 unspecified atom stereocenters. The highest BCUT2D eigenvalue weighted by Gasteiger charge is 2.37. The molecule has 116 valence electrons. The first-order valence-corrected chi connectivity index (χ1v) is 7.37. The van der Waals surface area contributed by atoms with E-state index in [1.54, 1.807) is 0 Å². The molecule has 0 fully saturated rings. The van der Waals surface area contributed by atoms with Crippen molar-refractivity contribution in [2.24, 2.45) is 5.41 Å². The van der Waals surface area contributed by atoms with Crippen molar-refractivity contribution >= 4 is 11.9 Å². The predicted octanol–water partition coefficient (Wildman–Crippen LogP) is 2.97. The fourth-order valence-corrected chi connectivity index (χ4v) is 2.33. The number of carboxylic acids is 1. The third-order valence-corrected chi connectivity index (χ3v) is 4.46. The fraction of sp³-hybridized carbons (Fsp3) is 0.529. The van der Waals surface area contributed by atoms with Crippen LogP contribution in [-0.4, -0.2) is 23.5 Å². The van der Waals surface area contributed by atoms with Gasteiger partial charge in [-0.05, 0) is 32.3 Å². The van der Waals surface area contributed by atoms with Gasteiger partial charge >= 0.3 is 5.97 Å². The molecule has 0 bridgehead atoms. The molecule has 0 radical (unpaired) electrons. The van der Waals surface area contributed by atoms with E-state index in [1.165, 1.54) is 0 Å². The zero-order valence-corrected chi connectivity index (χ0v) is 13.3. The Morgan fingerprint density at radius 3 is 2.05 bits per heavy atom. The van der Waals surface area contributed by atoms with Crippen molar-refractivity contribution in [1.82, 2.24) is 5.32 Å². The van der Waals surface area contributed by atoms with Gasteiger partial charge in [-0.1, -0.05) is 44.2 Å². The minimum absolute atomic E-state index is 0.152. The number of hydrogen-bond donors (Lipinski definition) is 2. The molecule has 0 saturated heterocycles. The third kappa shape index (κ3) is 3.63. The third-order valence-electron chi connectivity index (χ3n) is 4.46. The number of carboxylic acid groups (broad SMARTS) is 1. The van der Waals surface area contributed by atoms with Crippen molar-refractivity contribution in [3.05, 3.63) is 35.9 Å². The van der Waals surface area contributed by atoms with Crippen LogP contribution in [0.3, 0.4) is 0 Å². The first-order valence-electron chi connectivity index (χ1n) is 7.37. The van der Waals surface area contributed by atoms with Crippen LogP contribution in [0, 0.1) is 5.41 Å². The number of carbonyl (C=O) groups is 2. The molecule has 0 heterocycles. The van der Waals surface area contributed by atoms with Gasteiger partial charge in [-0.2, -0.15) is 0 Å². The Balaban J connectivity index is 2.84. The summed E-state index contributed by atoms with van der Waals surface area (Å²) in [4.78, 5) is 23.9. The first-order chi connectivity index (χ1) is 9.80. The summed E-state index contributed by atoms with van der Waals surface area (Å²) in [5.41, 5.74) is -0.661. The minimum Gasteiger partial charge on any atom is -0.481 e. The summed E-state index contributed by atoms with van der Waals surface area (Å²) >= 11 is 0. The van der Waals surface area contributed by atoms with Gasteiger partial charge in [0.05, 0.1) is 10.8 Å². The van der Waals surface area contributed by atoms with Gasteiger partial charge < -0.3 is 10.4 Å². The van der Waals surface area contributed by atoms with Crippen LogP contribution in [-0.2, 0) is 15.0 Å². The first kappa shape index (κ1) is 17.2. The summed E-state index contributed by atoms with van der Waals surface area (Å²) in [5.74, 6) is -1.01. The molecule has 4 heteroatoms. The van der Waals surface area contributed by atoms with Gasteiger partial charge in [0.1, 0.15) is 0 Å². The lowest BCUT2D eigenvalue weighted by molar-refractivity contribution is -0.149. The van der Waals surface area contributed by atoms with Gasteiger partial charge in [0.25, 0.3) is 0 Å². The molecule has 0 aromatic heterocycles. The number of aliphatic carboxylic acids is 1. The van der Waals surface area contributed by atoms with Crippen molar-refractivity contribution in [2.75, 3.05) is 6.54 Å². The summed E-state index contributed by atoms with van der Waals surface area (Å²) in [5, 5.41) is 12.2. The van der Waals surface area contributed by atoms with Crippen LogP contribution in [0.25, 0.3) is 0 Å². The molecule has 4 nitrogen and oxygen atoms in total. The van der Waals surface area contributed by atoms with Crippen molar-refractivity contribution in [2.45, 2.75) is 46.0 Å². The lowest BCUT2D eigenvalue weighted by Crippen LogP contribution is -2.47. The molecule has 21 heavy (non-hydrogen) atoms. The van der Waals surface area contributed by atoms with Crippen LogP contribution in [0.4, 0.5) is 0 Å². The highest BCUT2D eigenvalue weighted by molar-refractivity contribution is 5.88. The number of hydrogen-bond acceptors (Lipinski definition) is 2. The van der Waals surface area contributed by atoms with Gasteiger partial charge in [-0.25, -0.2) is 0 Å². The predicted molar refractivity (Wildman–Crippen MR) is 83.1 cm³/mol. The molecule has 0 saturated carbocycles. The highest BCUT2D eigenvalue weighted by Crippen LogP contribution is 2.27. The van der Waals surface area contributed by atoms with E-state index in [2.05, 4.69) is 5.32 Å².